The van der Waals surface area contributed by atoms with Crippen molar-refractivity contribution in [2.75, 3.05) is 13.2 Å². The van der Waals surface area contributed by atoms with Gasteiger partial charge in [0.15, 0.2) is 0 Å². The van der Waals surface area contributed by atoms with E-state index in [9.17, 15) is 4.79 Å². The first-order valence-electron chi connectivity index (χ1n) is 7.11. The molecule has 0 saturated carbocycles. The van der Waals surface area contributed by atoms with Crippen molar-refractivity contribution < 1.29 is 14.6 Å². The van der Waals surface area contributed by atoms with Crippen molar-refractivity contribution in [1.29, 1.82) is 0 Å². The van der Waals surface area contributed by atoms with E-state index < -0.39 is 5.97 Å². The number of carboxylic acids is 1. The van der Waals surface area contributed by atoms with Crippen LogP contribution in [-0.4, -0.2) is 24.3 Å². The number of aliphatic carboxylic acids is 1. The van der Waals surface area contributed by atoms with Crippen molar-refractivity contribution in [3.63, 3.8) is 0 Å². The Morgan fingerprint density at radius 3 is 2.74 bits per heavy atom. The van der Waals surface area contributed by atoms with Gasteiger partial charge in [-0.25, -0.2) is 0 Å². The third-order valence-corrected chi connectivity index (χ3v) is 2.52. The lowest BCUT2D eigenvalue weighted by Crippen LogP contribution is -1.92. The fourth-order valence-electron chi connectivity index (χ4n) is 1.48. The predicted octanol–water partition coefficient (Wildman–Crippen LogP) is 4.11. The molecule has 0 aliphatic heterocycles. The quantitative estimate of drug-likeness (QED) is 0.328. The van der Waals surface area contributed by atoms with E-state index in [1.165, 1.54) is 31.8 Å². The molecule has 1 N–H and O–H groups in total. The van der Waals surface area contributed by atoms with Crippen LogP contribution in [0.3, 0.4) is 0 Å². The van der Waals surface area contributed by atoms with E-state index >= 15 is 0 Å². The number of ether oxygens (including phenoxy) is 1. The van der Waals surface area contributed by atoms with E-state index in [4.69, 9.17) is 9.84 Å². The zero-order valence-electron chi connectivity index (χ0n) is 11.9. The highest BCUT2D eigenvalue weighted by Gasteiger charge is 1.87. The molecule has 0 amide bonds. The molecule has 0 aliphatic carbocycles. The van der Waals surface area contributed by atoms with Gasteiger partial charge in [-0.15, -0.1) is 5.73 Å². The average Bonchev–Trinajstić information content (AvgIpc) is 2.39. The van der Waals surface area contributed by atoms with Gasteiger partial charge in [0.05, 0.1) is 19.6 Å². The normalized spacial score (nSPS) is 10.4. The minimum absolute atomic E-state index is 0.0259. The minimum Gasteiger partial charge on any atom is -0.481 e. The van der Waals surface area contributed by atoms with Crippen LogP contribution in [0, 0.1) is 0 Å². The molecule has 0 heterocycles. The molecule has 0 aromatic rings. The van der Waals surface area contributed by atoms with Crippen molar-refractivity contribution in [1.82, 2.24) is 0 Å². The van der Waals surface area contributed by atoms with Crippen LogP contribution in [-0.2, 0) is 9.53 Å². The Labute approximate surface area is 116 Å². The lowest BCUT2D eigenvalue weighted by Gasteiger charge is -1.97. The van der Waals surface area contributed by atoms with Crippen LogP contribution in [0.1, 0.15) is 51.9 Å². The Hall–Kier alpha value is -1.31. The molecule has 3 heteroatoms. The van der Waals surface area contributed by atoms with E-state index in [2.05, 4.69) is 24.8 Å². The van der Waals surface area contributed by atoms with Gasteiger partial charge in [0.2, 0.25) is 0 Å². The monoisotopic (exact) mass is 266 g/mol. The number of hydrogen-bond donors (Lipinski definition) is 1. The molecule has 0 rings (SSSR count). The molecule has 0 fully saturated rings. The first kappa shape index (κ1) is 17.7. The molecule has 0 atom stereocenters. The van der Waals surface area contributed by atoms with Gasteiger partial charge in [0.1, 0.15) is 0 Å². The molecule has 0 radical (unpaired) electrons. The molecule has 0 saturated heterocycles. The van der Waals surface area contributed by atoms with E-state index in [1.807, 2.05) is 0 Å². The molecule has 0 bridgehead atoms. The Morgan fingerprint density at radius 2 is 2.00 bits per heavy atom. The third kappa shape index (κ3) is 16.7. The van der Waals surface area contributed by atoms with Gasteiger partial charge in [-0.2, -0.15) is 0 Å². The molecule has 3 nitrogen and oxygen atoms in total. The van der Waals surface area contributed by atoms with Gasteiger partial charge in [0.25, 0.3) is 0 Å². The van der Waals surface area contributed by atoms with Gasteiger partial charge >= 0.3 is 5.97 Å². The summed E-state index contributed by atoms with van der Waals surface area (Å²) in [5.74, 6) is -0.832. The minimum atomic E-state index is -0.832. The maximum absolute atomic E-state index is 10.2. The van der Waals surface area contributed by atoms with Crippen LogP contribution in [0.4, 0.5) is 0 Å². The fraction of sp³-hybridized carbons (Fsp3) is 0.625. The van der Waals surface area contributed by atoms with E-state index in [1.54, 1.807) is 6.08 Å². The Morgan fingerprint density at radius 1 is 1.16 bits per heavy atom. The number of carbonyl (C=O) groups is 1. The lowest BCUT2D eigenvalue weighted by molar-refractivity contribution is -0.135. The zero-order chi connectivity index (χ0) is 14.2. The van der Waals surface area contributed by atoms with Crippen LogP contribution in [0.15, 0.2) is 30.0 Å². The highest BCUT2D eigenvalue weighted by atomic mass is 16.5. The predicted molar refractivity (Wildman–Crippen MR) is 78.2 cm³/mol. The SMILES string of the molecule is CCCCCCC=CCOCCC=C=CCC(=O)O. The molecular weight excluding hydrogens is 240 g/mol. The Bertz CT molecular complexity index is 299. The second-order valence-electron chi connectivity index (χ2n) is 4.36. The van der Waals surface area contributed by atoms with Crippen LogP contribution in [0.25, 0.3) is 0 Å². The standard InChI is InChI=1S/C16H26O3/c1-2-3-4-5-6-8-11-14-19-15-12-9-7-10-13-16(17)18/h8-11H,2-6,12-15H2,1H3,(H,17,18). The topological polar surface area (TPSA) is 46.5 Å². The summed E-state index contributed by atoms with van der Waals surface area (Å²) in [5.41, 5.74) is 2.82. The summed E-state index contributed by atoms with van der Waals surface area (Å²) < 4.78 is 5.40. The van der Waals surface area contributed by atoms with E-state index in [-0.39, 0.29) is 6.42 Å². The summed E-state index contributed by atoms with van der Waals surface area (Å²) in [6.45, 7) is 3.52. The molecule has 0 spiro atoms. The summed E-state index contributed by atoms with van der Waals surface area (Å²) in [4.78, 5) is 10.2. The summed E-state index contributed by atoms with van der Waals surface area (Å²) in [7, 11) is 0. The Kier molecular flexibility index (Phi) is 13.7. The van der Waals surface area contributed by atoms with Crippen LogP contribution < -0.4 is 0 Å². The molecule has 108 valence electrons. The summed E-state index contributed by atoms with van der Waals surface area (Å²) in [6.07, 6.45) is 14.7. The maximum Gasteiger partial charge on any atom is 0.307 e. The number of rotatable bonds is 12. The molecule has 0 aromatic carbocycles. The third-order valence-electron chi connectivity index (χ3n) is 2.52. The number of hydrogen-bond acceptors (Lipinski definition) is 2. The summed E-state index contributed by atoms with van der Waals surface area (Å²) >= 11 is 0. The smallest absolute Gasteiger partial charge is 0.307 e. The van der Waals surface area contributed by atoms with Crippen molar-refractivity contribution in [2.24, 2.45) is 0 Å². The highest BCUT2D eigenvalue weighted by molar-refractivity contribution is 5.68. The fourth-order valence-corrected chi connectivity index (χ4v) is 1.48. The van der Waals surface area contributed by atoms with Crippen molar-refractivity contribution in [2.45, 2.75) is 51.9 Å². The number of unbranched alkanes of at least 4 members (excludes halogenated alkanes) is 4. The second kappa shape index (κ2) is 14.7. The molecule has 0 aliphatic rings. The average molecular weight is 266 g/mol. The van der Waals surface area contributed by atoms with Crippen molar-refractivity contribution in [3.05, 3.63) is 30.0 Å². The second-order valence-corrected chi connectivity index (χ2v) is 4.36. The largest absolute Gasteiger partial charge is 0.481 e. The van der Waals surface area contributed by atoms with Crippen LogP contribution in [0.5, 0.6) is 0 Å². The van der Waals surface area contributed by atoms with Gasteiger partial charge in [-0.05, 0) is 31.4 Å². The summed E-state index contributed by atoms with van der Waals surface area (Å²) in [5, 5.41) is 8.39. The van der Waals surface area contributed by atoms with Gasteiger partial charge in [-0.1, -0.05) is 38.3 Å². The number of allylic oxidation sites excluding steroid dienone is 1. The van der Waals surface area contributed by atoms with Crippen molar-refractivity contribution >= 4 is 5.97 Å². The van der Waals surface area contributed by atoms with Crippen LogP contribution >= 0.6 is 0 Å². The van der Waals surface area contributed by atoms with E-state index in [0.29, 0.717) is 13.2 Å². The van der Waals surface area contributed by atoms with Crippen LogP contribution in [0.2, 0.25) is 0 Å². The van der Waals surface area contributed by atoms with Gasteiger partial charge in [0, 0.05) is 0 Å². The molecule has 0 aromatic heterocycles. The summed E-state index contributed by atoms with van der Waals surface area (Å²) in [6, 6.07) is 0. The maximum atomic E-state index is 10.2. The molecule has 19 heavy (non-hydrogen) atoms. The number of carboxylic acid groups (broad SMARTS) is 1. The lowest BCUT2D eigenvalue weighted by atomic mass is 10.1. The zero-order valence-corrected chi connectivity index (χ0v) is 11.9. The highest BCUT2D eigenvalue weighted by Crippen LogP contribution is 2.02. The first-order valence-corrected chi connectivity index (χ1v) is 7.11. The first-order chi connectivity index (χ1) is 9.27. The van der Waals surface area contributed by atoms with Gasteiger partial charge in [-0.3, -0.25) is 4.79 Å². The molecular formula is C16H26O3. The van der Waals surface area contributed by atoms with Gasteiger partial charge < -0.3 is 9.84 Å². The van der Waals surface area contributed by atoms with E-state index in [0.717, 1.165) is 12.8 Å². The Balaban J connectivity index is 3.28. The van der Waals surface area contributed by atoms with Crippen molar-refractivity contribution in [3.8, 4) is 0 Å². The molecule has 0 unspecified atom stereocenters.